The molecule has 0 fully saturated rings. The second kappa shape index (κ2) is 6.70. The molecule has 0 aliphatic heterocycles. The van der Waals surface area contributed by atoms with Crippen LogP contribution >= 0.6 is 11.3 Å². The first kappa shape index (κ1) is 15.7. The Balaban J connectivity index is 2.28. The third-order valence-corrected chi connectivity index (χ3v) is 3.74. The standard InChI is InChI=1S/C14H21NO3S/c1-14(2,3)8-4-5-12(16)15-9-10-6-7-11(19-10)13(17)18/h6-7H,4-5,8-9H2,1-3H3,(H,15,16)(H,17,18). The number of rotatable bonds is 6. The van der Waals surface area contributed by atoms with Crippen LogP contribution in [0.15, 0.2) is 12.1 Å². The molecule has 2 N–H and O–H groups in total. The fraction of sp³-hybridized carbons (Fsp3) is 0.571. The maximum absolute atomic E-state index is 11.6. The van der Waals surface area contributed by atoms with Gasteiger partial charge in [-0.25, -0.2) is 4.79 Å². The molecule has 0 radical (unpaired) electrons. The molecule has 1 amide bonds. The van der Waals surface area contributed by atoms with Crippen LogP contribution in [0.4, 0.5) is 0 Å². The van der Waals surface area contributed by atoms with Gasteiger partial charge in [-0.15, -0.1) is 11.3 Å². The molecule has 0 aliphatic rings. The monoisotopic (exact) mass is 283 g/mol. The van der Waals surface area contributed by atoms with Crippen molar-refractivity contribution >= 4 is 23.2 Å². The molecule has 1 aromatic heterocycles. The van der Waals surface area contributed by atoms with Crippen LogP contribution in [0, 0.1) is 5.41 Å². The van der Waals surface area contributed by atoms with Gasteiger partial charge in [-0.05, 0) is 30.4 Å². The molecule has 0 spiro atoms. The maximum Gasteiger partial charge on any atom is 0.345 e. The van der Waals surface area contributed by atoms with E-state index in [-0.39, 0.29) is 11.3 Å². The minimum atomic E-state index is -0.923. The summed E-state index contributed by atoms with van der Waals surface area (Å²) in [6.45, 7) is 6.88. The predicted molar refractivity (Wildman–Crippen MR) is 76.4 cm³/mol. The van der Waals surface area contributed by atoms with E-state index >= 15 is 0 Å². The molecule has 0 saturated heterocycles. The van der Waals surface area contributed by atoms with E-state index < -0.39 is 5.97 Å². The van der Waals surface area contributed by atoms with Crippen LogP contribution < -0.4 is 5.32 Å². The van der Waals surface area contributed by atoms with Crippen molar-refractivity contribution in [2.45, 2.75) is 46.6 Å². The van der Waals surface area contributed by atoms with Crippen molar-refractivity contribution in [1.82, 2.24) is 5.32 Å². The average molecular weight is 283 g/mol. The molecule has 4 nitrogen and oxygen atoms in total. The summed E-state index contributed by atoms with van der Waals surface area (Å²) in [5, 5.41) is 11.6. The van der Waals surface area contributed by atoms with Crippen molar-refractivity contribution in [2.75, 3.05) is 0 Å². The van der Waals surface area contributed by atoms with Crippen molar-refractivity contribution in [3.63, 3.8) is 0 Å². The second-order valence-corrected chi connectivity index (χ2v) is 6.93. The van der Waals surface area contributed by atoms with Gasteiger partial charge in [0.05, 0.1) is 6.54 Å². The Morgan fingerprint density at radius 2 is 2.00 bits per heavy atom. The Bertz CT molecular complexity index is 446. The van der Waals surface area contributed by atoms with Crippen molar-refractivity contribution < 1.29 is 14.7 Å². The van der Waals surface area contributed by atoms with E-state index in [1.165, 1.54) is 11.3 Å². The topological polar surface area (TPSA) is 66.4 Å². The lowest BCUT2D eigenvalue weighted by Gasteiger charge is -2.17. The number of carboxylic acids is 1. The number of carbonyl (C=O) groups excluding carboxylic acids is 1. The number of carboxylic acid groups (broad SMARTS) is 1. The first-order valence-electron chi connectivity index (χ1n) is 6.37. The lowest BCUT2D eigenvalue weighted by Crippen LogP contribution is -2.22. The number of thiophene rings is 1. The minimum absolute atomic E-state index is 0.0227. The maximum atomic E-state index is 11.6. The number of hydrogen-bond acceptors (Lipinski definition) is 3. The smallest absolute Gasteiger partial charge is 0.345 e. The van der Waals surface area contributed by atoms with Gasteiger partial charge in [0.2, 0.25) is 5.91 Å². The Kier molecular flexibility index (Phi) is 5.54. The van der Waals surface area contributed by atoms with Crippen LogP contribution in [0.2, 0.25) is 0 Å². The van der Waals surface area contributed by atoms with E-state index in [2.05, 4.69) is 26.1 Å². The summed E-state index contributed by atoms with van der Waals surface area (Å²) in [5.41, 5.74) is 0.254. The van der Waals surface area contributed by atoms with Gasteiger partial charge in [-0.2, -0.15) is 0 Å². The Morgan fingerprint density at radius 3 is 2.53 bits per heavy atom. The van der Waals surface area contributed by atoms with E-state index in [1.807, 2.05) is 0 Å². The summed E-state index contributed by atoms with van der Waals surface area (Å²) in [5.74, 6) is -0.901. The quantitative estimate of drug-likeness (QED) is 0.842. The zero-order chi connectivity index (χ0) is 14.5. The summed E-state index contributed by atoms with van der Waals surface area (Å²) in [6, 6.07) is 3.30. The summed E-state index contributed by atoms with van der Waals surface area (Å²) in [4.78, 5) is 23.5. The fourth-order valence-electron chi connectivity index (χ4n) is 1.64. The van der Waals surface area contributed by atoms with Crippen molar-refractivity contribution in [3.8, 4) is 0 Å². The molecule has 1 rings (SSSR count). The summed E-state index contributed by atoms with van der Waals surface area (Å²) in [7, 11) is 0. The molecule has 1 aromatic rings. The fourth-order valence-corrected chi connectivity index (χ4v) is 2.43. The molecule has 1 heterocycles. The Hall–Kier alpha value is -1.36. The zero-order valence-corrected chi connectivity index (χ0v) is 12.5. The van der Waals surface area contributed by atoms with Crippen molar-refractivity contribution in [1.29, 1.82) is 0 Å². The van der Waals surface area contributed by atoms with Crippen LogP contribution in [-0.4, -0.2) is 17.0 Å². The van der Waals surface area contributed by atoms with Gasteiger partial charge in [0.25, 0.3) is 0 Å². The van der Waals surface area contributed by atoms with Gasteiger partial charge in [-0.1, -0.05) is 20.8 Å². The number of nitrogens with one attached hydrogen (secondary N) is 1. The summed E-state index contributed by atoms with van der Waals surface area (Å²) < 4.78 is 0. The van der Waals surface area contributed by atoms with Crippen LogP contribution in [0.25, 0.3) is 0 Å². The minimum Gasteiger partial charge on any atom is -0.477 e. The largest absolute Gasteiger partial charge is 0.477 e. The van der Waals surface area contributed by atoms with E-state index in [0.717, 1.165) is 17.7 Å². The van der Waals surface area contributed by atoms with Crippen LogP contribution in [-0.2, 0) is 11.3 Å². The molecule has 0 atom stereocenters. The Morgan fingerprint density at radius 1 is 1.32 bits per heavy atom. The molecular formula is C14H21NO3S. The second-order valence-electron chi connectivity index (χ2n) is 5.76. The number of carbonyl (C=O) groups is 2. The van der Waals surface area contributed by atoms with Crippen LogP contribution in [0.1, 0.15) is 54.6 Å². The zero-order valence-electron chi connectivity index (χ0n) is 11.7. The van der Waals surface area contributed by atoms with Gasteiger partial charge in [-0.3, -0.25) is 4.79 Å². The van der Waals surface area contributed by atoms with Gasteiger partial charge in [0.15, 0.2) is 0 Å². The Labute approximate surface area is 117 Å². The van der Waals surface area contributed by atoms with Crippen molar-refractivity contribution in [2.24, 2.45) is 5.41 Å². The highest BCUT2D eigenvalue weighted by Gasteiger charge is 2.11. The van der Waals surface area contributed by atoms with E-state index in [1.54, 1.807) is 12.1 Å². The van der Waals surface area contributed by atoms with E-state index in [9.17, 15) is 9.59 Å². The normalized spacial score (nSPS) is 11.3. The highest BCUT2D eigenvalue weighted by molar-refractivity contribution is 7.13. The van der Waals surface area contributed by atoms with Crippen LogP contribution in [0.3, 0.4) is 0 Å². The molecule has 106 valence electrons. The van der Waals surface area contributed by atoms with E-state index in [0.29, 0.717) is 17.8 Å². The van der Waals surface area contributed by atoms with Gasteiger partial charge in [0, 0.05) is 11.3 Å². The number of hydrogen-bond donors (Lipinski definition) is 2. The molecule has 0 aromatic carbocycles. The molecule has 19 heavy (non-hydrogen) atoms. The third-order valence-electron chi connectivity index (χ3n) is 2.66. The molecular weight excluding hydrogens is 262 g/mol. The van der Waals surface area contributed by atoms with Crippen LogP contribution in [0.5, 0.6) is 0 Å². The molecule has 0 unspecified atom stereocenters. The lowest BCUT2D eigenvalue weighted by atomic mass is 9.90. The third kappa shape index (κ3) is 6.38. The van der Waals surface area contributed by atoms with Gasteiger partial charge in [0.1, 0.15) is 4.88 Å². The first-order valence-corrected chi connectivity index (χ1v) is 7.18. The average Bonchev–Trinajstić information content (AvgIpc) is 2.73. The molecule has 5 heteroatoms. The van der Waals surface area contributed by atoms with E-state index in [4.69, 9.17) is 5.11 Å². The molecule has 0 aliphatic carbocycles. The van der Waals surface area contributed by atoms with Crippen molar-refractivity contribution in [3.05, 3.63) is 21.9 Å². The molecule has 0 bridgehead atoms. The first-order chi connectivity index (χ1) is 8.78. The SMILES string of the molecule is CC(C)(C)CCCC(=O)NCc1ccc(C(=O)O)s1. The summed E-state index contributed by atoms with van der Waals surface area (Å²) >= 11 is 1.20. The molecule has 0 saturated carbocycles. The lowest BCUT2D eigenvalue weighted by molar-refractivity contribution is -0.121. The number of aromatic carboxylic acids is 1. The summed E-state index contributed by atoms with van der Waals surface area (Å²) in [6.07, 6.45) is 2.41. The highest BCUT2D eigenvalue weighted by Crippen LogP contribution is 2.21. The number of amides is 1. The van der Waals surface area contributed by atoms with Gasteiger partial charge < -0.3 is 10.4 Å². The van der Waals surface area contributed by atoms with Gasteiger partial charge >= 0.3 is 5.97 Å². The highest BCUT2D eigenvalue weighted by atomic mass is 32.1. The predicted octanol–water partition coefficient (Wildman–Crippen LogP) is 3.28.